The predicted octanol–water partition coefficient (Wildman–Crippen LogP) is 2.22. The molecule has 0 fully saturated rings. The molecule has 0 atom stereocenters. The standard InChI is InChI=1S/C12H18FNO3/c1-3-15-5-6-17-12-8-11(16-4-2)9(13)7-10(12)14/h7-8H,3-6,14H2,1-2H3. The average molecular weight is 243 g/mol. The van der Waals surface area contributed by atoms with Crippen LogP contribution in [0.4, 0.5) is 10.1 Å². The highest BCUT2D eigenvalue weighted by Gasteiger charge is 2.09. The molecule has 5 heteroatoms. The van der Waals surface area contributed by atoms with Crippen LogP contribution in [-0.4, -0.2) is 26.4 Å². The minimum absolute atomic E-state index is 0.146. The molecule has 0 spiro atoms. The summed E-state index contributed by atoms with van der Waals surface area (Å²) < 4.78 is 29.0. The van der Waals surface area contributed by atoms with Crippen LogP contribution >= 0.6 is 0 Å². The van der Waals surface area contributed by atoms with Gasteiger partial charge in [0.15, 0.2) is 11.6 Å². The molecule has 4 nitrogen and oxygen atoms in total. The van der Waals surface area contributed by atoms with E-state index < -0.39 is 5.82 Å². The summed E-state index contributed by atoms with van der Waals surface area (Å²) in [4.78, 5) is 0. The Bertz CT molecular complexity index is 358. The lowest BCUT2D eigenvalue weighted by molar-refractivity contribution is 0.110. The zero-order valence-corrected chi connectivity index (χ0v) is 10.2. The second-order valence-corrected chi connectivity index (χ2v) is 3.30. The van der Waals surface area contributed by atoms with E-state index in [9.17, 15) is 4.39 Å². The lowest BCUT2D eigenvalue weighted by Gasteiger charge is -2.12. The van der Waals surface area contributed by atoms with E-state index in [0.717, 1.165) is 0 Å². The fourth-order valence-electron chi connectivity index (χ4n) is 1.30. The smallest absolute Gasteiger partial charge is 0.167 e. The molecule has 0 heterocycles. The van der Waals surface area contributed by atoms with Crippen LogP contribution in [0.1, 0.15) is 13.8 Å². The summed E-state index contributed by atoms with van der Waals surface area (Å²) in [5.41, 5.74) is 5.89. The van der Waals surface area contributed by atoms with Gasteiger partial charge >= 0.3 is 0 Å². The van der Waals surface area contributed by atoms with Crippen molar-refractivity contribution >= 4 is 5.69 Å². The molecule has 0 unspecified atom stereocenters. The molecule has 0 saturated carbocycles. The van der Waals surface area contributed by atoms with Gasteiger partial charge in [-0.2, -0.15) is 0 Å². The lowest BCUT2D eigenvalue weighted by Crippen LogP contribution is -2.08. The number of nitrogens with two attached hydrogens (primary N) is 1. The molecule has 0 aliphatic heterocycles. The lowest BCUT2D eigenvalue weighted by atomic mass is 10.2. The Labute approximate surface area is 100 Å². The van der Waals surface area contributed by atoms with Crippen molar-refractivity contribution in [2.45, 2.75) is 13.8 Å². The SMILES string of the molecule is CCOCCOc1cc(OCC)c(F)cc1N. The van der Waals surface area contributed by atoms with Gasteiger partial charge < -0.3 is 19.9 Å². The molecule has 0 aliphatic rings. The van der Waals surface area contributed by atoms with Gasteiger partial charge in [0.1, 0.15) is 12.4 Å². The normalized spacial score (nSPS) is 10.3. The summed E-state index contributed by atoms with van der Waals surface area (Å²) in [6.45, 7) is 5.54. The number of anilines is 1. The Balaban J connectivity index is 2.66. The number of nitrogen functional groups attached to an aromatic ring is 1. The van der Waals surface area contributed by atoms with Crippen LogP contribution in [0.25, 0.3) is 0 Å². The minimum Gasteiger partial charge on any atom is -0.491 e. The van der Waals surface area contributed by atoms with Gasteiger partial charge in [0.05, 0.1) is 18.9 Å². The molecule has 0 bridgehead atoms. The number of rotatable bonds is 7. The van der Waals surface area contributed by atoms with E-state index in [1.54, 1.807) is 6.92 Å². The summed E-state index contributed by atoms with van der Waals surface area (Å²) in [6.07, 6.45) is 0. The minimum atomic E-state index is -0.485. The van der Waals surface area contributed by atoms with Gasteiger partial charge in [0, 0.05) is 18.7 Å². The molecule has 2 N–H and O–H groups in total. The van der Waals surface area contributed by atoms with Crippen LogP contribution in [0, 0.1) is 5.82 Å². The molecule has 1 aromatic rings. The van der Waals surface area contributed by atoms with E-state index in [-0.39, 0.29) is 11.4 Å². The van der Waals surface area contributed by atoms with Crippen molar-refractivity contribution in [1.29, 1.82) is 0 Å². The zero-order valence-electron chi connectivity index (χ0n) is 10.2. The highest BCUT2D eigenvalue weighted by atomic mass is 19.1. The third-order valence-electron chi connectivity index (χ3n) is 2.05. The Morgan fingerprint density at radius 1 is 1.06 bits per heavy atom. The monoisotopic (exact) mass is 243 g/mol. The summed E-state index contributed by atoms with van der Waals surface area (Å²) in [5, 5.41) is 0. The van der Waals surface area contributed by atoms with Gasteiger partial charge in [-0.05, 0) is 13.8 Å². The maximum atomic E-state index is 13.4. The fourth-order valence-corrected chi connectivity index (χ4v) is 1.30. The Morgan fingerprint density at radius 2 is 1.82 bits per heavy atom. The van der Waals surface area contributed by atoms with Crippen LogP contribution in [0.5, 0.6) is 11.5 Å². The number of ether oxygens (including phenoxy) is 3. The van der Waals surface area contributed by atoms with E-state index in [1.165, 1.54) is 12.1 Å². The van der Waals surface area contributed by atoms with Crippen molar-refractivity contribution in [2.75, 3.05) is 32.2 Å². The summed E-state index contributed by atoms with van der Waals surface area (Å²) in [6, 6.07) is 2.65. The van der Waals surface area contributed by atoms with Crippen LogP contribution in [0.3, 0.4) is 0 Å². The Hall–Kier alpha value is -1.49. The first-order valence-corrected chi connectivity index (χ1v) is 5.61. The van der Waals surface area contributed by atoms with Gasteiger partial charge in [-0.25, -0.2) is 4.39 Å². The summed E-state index contributed by atoms with van der Waals surface area (Å²) in [5.74, 6) is 0.0733. The third kappa shape index (κ3) is 4.11. The summed E-state index contributed by atoms with van der Waals surface area (Å²) in [7, 11) is 0. The average Bonchev–Trinajstić information content (AvgIpc) is 2.30. The molecule has 1 aromatic carbocycles. The first-order chi connectivity index (χ1) is 8.19. The van der Waals surface area contributed by atoms with E-state index in [4.69, 9.17) is 19.9 Å². The molecular weight excluding hydrogens is 225 g/mol. The van der Waals surface area contributed by atoms with E-state index in [1.807, 2.05) is 6.92 Å². The second-order valence-electron chi connectivity index (χ2n) is 3.30. The van der Waals surface area contributed by atoms with Gasteiger partial charge in [-0.1, -0.05) is 0 Å². The topological polar surface area (TPSA) is 53.7 Å². The van der Waals surface area contributed by atoms with Crippen molar-refractivity contribution < 1.29 is 18.6 Å². The van der Waals surface area contributed by atoms with Crippen molar-refractivity contribution in [1.82, 2.24) is 0 Å². The zero-order chi connectivity index (χ0) is 12.7. The van der Waals surface area contributed by atoms with E-state index >= 15 is 0 Å². The van der Waals surface area contributed by atoms with Crippen molar-refractivity contribution in [2.24, 2.45) is 0 Å². The highest BCUT2D eigenvalue weighted by molar-refractivity contribution is 5.56. The van der Waals surface area contributed by atoms with Crippen LogP contribution in [-0.2, 0) is 4.74 Å². The molecule has 0 amide bonds. The fraction of sp³-hybridized carbons (Fsp3) is 0.500. The quantitative estimate of drug-likeness (QED) is 0.589. The molecular formula is C12H18FNO3. The molecule has 0 aromatic heterocycles. The maximum Gasteiger partial charge on any atom is 0.167 e. The number of benzene rings is 1. The Morgan fingerprint density at radius 3 is 2.47 bits per heavy atom. The van der Waals surface area contributed by atoms with Gasteiger partial charge in [0.2, 0.25) is 0 Å². The second kappa shape index (κ2) is 6.96. The molecule has 0 saturated heterocycles. The van der Waals surface area contributed by atoms with Gasteiger partial charge in [-0.3, -0.25) is 0 Å². The van der Waals surface area contributed by atoms with Crippen molar-refractivity contribution in [3.63, 3.8) is 0 Å². The highest BCUT2D eigenvalue weighted by Crippen LogP contribution is 2.30. The molecule has 1 rings (SSSR count). The molecule has 17 heavy (non-hydrogen) atoms. The van der Waals surface area contributed by atoms with Gasteiger partial charge in [-0.15, -0.1) is 0 Å². The molecule has 96 valence electrons. The van der Waals surface area contributed by atoms with Gasteiger partial charge in [0.25, 0.3) is 0 Å². The van der Waals surface area contributed by atoms with E-state index in [0.29, 0.717) is 32.2 Å². The first kappa shape index (κ1) is 13.6. The van der Waals surface area contributed by atoms with Crippen LogP contribution < -0.4 is 15.2 Å². The van der Waals surface area contributed by atoms with Crippen molar-refractivity contribution in [3.8, 4) is 11.5 Å². The molecule has 0 radical (unpaired) electrons. The van der Waals surface area contributed by atoms with Crippen LogP contribution in [0.15, 0.2) is 12.1 Å². The molecule has 0 aliphatic carbocycles. The largest absolute Gasteiger partial charge is 0.491 e. The van der Waals surface area contributed by atoms with Crippen molar-refractivity contribution in [3.05, 3.63) is 17.9 Å². The Kier molecular flexibility index (Phi) is 5.56. The predicted molar refractivity (Wildman–Crippen MR) is 64.0 cm³/mol. The summed E-state index contributed by atoms with van der Waals surface area (Å²) >= 11 is 0. The first-order valence-electron chi connectivity index (χ1n) is 5.61. The van der Waals surface area contributed by atoms with E-state index in [2.05, 4.69) is 0 Å². The number of halogens is 1. The number of hydrogen-bond donors (Lipinski definition) is 1. The maximum absolute atomic E-state index is 13.4. The van der Waals surface area contributed by atoms with Crippen LogP contribution in [0.2, 0.25) is 0 Å². The third-order valence-corrected chi connectivity index (χ3v) is 2.05. The number of hydrogen-bond acceptors (Lipinski definition) is 4.